The number of phenols is 1. The van der Waals surface area contributed by atoms with E-state index in [0.717, 1.165) is 111 Å². The van der Waals surface area contributed by atoms with Gasteiger partial charge < -0.3 is 48.1 Å². The van der Waals surface area contributed by atoms with Crippen LogP contribution >= 0.6 is 0 Å². The lowest BCUT2D eigenvalue weighted by Crippen LogP contribution is -2.75. The first-order valence-corrected chi connectivity index (χ1v) is 27.9. The van der Waals surface area contributed by atoms with Crippen LogP contribution < -0.4 is 14.2 Å². The van der Waals surface area contributed by atoms with E-state index in [-0.39, 0.29) is 46.9 Å². The number of aromatic hydroxyl groups is 1. The fourth-order valence-corrected chi connectivity index (χ4v) is 17.6. The topological polar surface area (TPSA) is 112 Å². The monoisotopic (exact) mass is 1030 g/mol. The van der Waals surface area contributed by atoms with Crippen molar-refractivity contribution in [3.05, 3.63) is 153 Å². The maximum atomic E-state index is 12.3. The fourth-order valence-electron chi connectivity index (χ4n) is 17.6. The van der Waals surface area contributed by atoms with Gasteiger partial charge in [0.2, 0.25) is 0 Å². The van der Waals surface area contributed by atoms with Crippen LogP contribution in [0.25, 0.3) is 0 Å². The number of rotatable bonds is 7. The van der Waals surface area contributed by atoms with Crippen molar-refractivity contribution in [2.45, 2.75) is 158 Å². The van der Waals surface area contributed by atoms with Crippen molar-refractivity contribution in [3.63, 3.8) is 0 Å². The lowest BCUT2D eigenvalue weighted by atomic mass is 9.50. The largest absolute Gasteiger partial charge is 0.504 e. The Morgan fingerprint density at radius 3 is 1.59 bits per heavy atom. The van der Waals surface area contributed by atoms with E-state index in [1.807, 2.05) is 20.8 Å². The second-order valence-corrected chi connectivity index (χ2v) is 24.5. The molecule has 3 saturated heterocycles. The van der Waals surface area contributed by atoms with Crippen molar-refractivity contribution in [2.75, 3.05) is 40.8 Å². The molecule has 0 radical (unpaired) electrons. The van der Waals surface area contributed by atoms with Crippen LogP contribution in [0.5, 0.6) is 23.0 Å². The van der Waals surface area contributed by atoms with Crippen molar-refractivity contribution in [1.82, 2.24) is 14.7 Å². The number of phenolic OH excluding ortho intramolecular Hbond substituents is 1. The van der Waals surface area contributed by atoms with Gasteiger partial charge >= 0.3 is 5.97 Å². The molecular formula is C64H75N3O9. The molecule has 3 aromatic rings. The van der Waals surface area contributed by atoms with Crippen molar-refractivity contribution >= 4 is 5.97 Å². The minimum Gasteiger partial charge on any atom is -0.504 e. The number of carbonyl (C=O) groups excluding carboxylic acids is 1. The second kappa shape index (κ2) is 17.3. The average Bonchev–Trinajstić information content (AvgIpc) is 4.05. The number of aryl methyl sites for hydroxylation is 2. The van der Waals surface area contributed by atoms with E-state index < -0.39 is 11.0 Å². The van der Waals surface area contributed by atoms with Gasteiger partial charge in [-0.15, -0.1) is 0 Å². The molecule has 1 N–H and O–H groups in total. The summed E-state index contributed by atoms with van der Waals surface area (Å²) in [5, 5.41) is 10.4. The number of likely N-dealkylation sites (tertiary alicyclic amines) is 3. The molecular weight excluding hydrogens is 955 g/mol. The number of ether oxygens (including phenoxy) is 7. The van der Waals surface area contributed by atoms with E-state index in [9.17, 15) is 9.90 Å². The number of carbonyl (C=O) groups is 1. The molecule has 6 heterocycles. The van der Waals surface area contributed by atoms with Crippen molar-refractivity contribution in [1.29, 1.82) is 0 Å². The molecule has 12 aliphatic rings. The summed E-state index contributed by atoms with van der Waals surface area (Å²) in [5.74, 6) is 8.60. The van der Waals surface area contributed by atoms with E-state index >= 15 is 0 Å². The molecule has 3 fully saturated rings. The van der Waals surface area contributed by atoms with Gasteiger partial charge in [0.1, 0.15) is 34.4 Å². The number of benzene rings is 3. The summed E-state index contributed by atoms with van der Waals surface area (Å²) >= 11 is 0. The highest BCUT2D eigenvalue weighted by Gasteiger charge is 2.74. The van der Waals surface area contributed by atoms with Gasteiger partial charge in [-0.3, -0.25) is 9.69 Å². The highest BCUT2D eigenvalue weighted by atomic mass is 16.6. The van der Waals surface area contributed by atoms with Crippen LogP contribution in [0.2, 0.25) is 0 Å². The van der Waals surface area contributed by atoms with Gasteiger partial charge in [0.15, 0.2) is 29.8 Å². The molecule has 15 rings (SSSR count). The first-order valence-electron chi connectivity index (χ1n) is 27.9. The molecule has 3 aromatic carbocycles. The van der Waals surface area contributed by atoms with Crippen LogP contribution in [-0.2, 0) is 59.2 Å². The highest BCUT2D eigenvalue weighted by Crippen LogP contribution is 2.68. The van der Waals surface area contributed by atoms with Gasteiger partial charge in [0, 0.05) is 52.9 Å². The Morgan fingerprint density at radius 2 is 1.05 bits per heavy atom. The Bertz CT molecular complexity index is 3020. The lowest BCUT2D eigenvalue weighted by molar-refractivity contribution is -0.203. The molecule has 12 nitrogen and oxygen atoms in total. The predicted octanol–water partition coefficient (Wildman–Crippen LogP) is 10.2. The normalized spacial score (nSPS) is 35.4. The third-order valence-corrected chi connectivity index (χ3v) is 20.4. The number of hydrogen-bond acceptors (Lipinski definition) is 12. The molecule has 6 aliphatic heterocycles. The molecule has 6 aliphatic carbocycles. The Balaban J connectivity index is 0.000000110. The summed E-state index contributed by atoms with van der Waals surface area (Å²) < 4.78 is 43.9. The molecule has 6 bridgehead atoms. The van der Waals surface area contributed by atoms with Crippen LogP contribution in [0.1, 0.15) is 111 Å². The number of piperidine rings is 3. The van der Waals surface area contributed by atoms with E-state index in [4.69, 9.17) is 33.2 Å². The van der Waals surface area contributed by atoms with Crippen LogP contribution in [0.15, 0.2) is 109 Å². The van der Waals surface area contributed by atoms with E-state index in [1.54, 1.807) is 6.07 Å². The summed E-state index contributed by atoms with van der Waals surface area (Å²) in [7, 11) is 6.65. The summed E-state index contributed by atoms with van der Waals surface area (Å²) in [6.07, 6.45) is 14.8. The van der Waals surface area contributed by atoms with Crippen LogP contribution in [0, 0.1) is 25.7 Å². The zero-order valence-corrected chi connectivity index (χ0v) is 46.0. The third kappa shape index (κ3) is 6.62. The highest BCUT2D eigenvalue weighted by molar-refractivity contribution is 5.70. The molecule has 12 unspecified atom stereocenters. The molecule has 0 amide bonds. The summed E-state index contributed by atoms with van der Waals surface area (Å²) in [4.78, 5) is 19.7. The Morgan fingerprint density at radius 1 is 0.592 bits per heavy atom. The quantitative estimate of drug-likeness (QED) is 0.180. The molecule has 400 valence electrons. The van der Waals surface area contributed by atoms with Crippen LogP contribution in [0.4, 0.5) is 0 Å². The SMILES string of the molecule is C=C(C)OC1=CCC2(OC(C)=O)C3Cc4ccc(C)c5c4C2(CCN3C)C1O5.C=C(C)OC1=CCC2C3Cc4ccc(C)c5c4C2(CCN3C)C1O5.C=C(C)OC1=CCC2C3Cc4ccc(O)c5c4C2(CCN3C)C1O5. The Kier molecular flexibility index (Phi) is 11.3. The molecule has 0 saturated carbocycles. The van der Waals surface area contributed by atoms with Crippen LogP contribution in [-0.4, -0.2) is 109 Å². The molecule has 3 spiro atoms. The molecule has 12 heteroatoms. The van der Waals surface area contributed by atoms with Crippen LogP contribution in [0.3, 0.4) is 0 Å². The zero-order chi connectivity index (χ0) is 53.1. The zero-order valence-electron chi connectivity index (χ0n) is 46.0. The van der Waals surface area contributed by atoms with Gasteiger partial charge in [0.25, 0.3) is 0 Å². The standard InChI is InChI=1S/C23H27NO4.C21H25NO2.C20H23NO3/c1-13(2)26-17-8-9-23(28-15(4)25)18-12-16-7-6-14(3)20-19(16)22(23,21(17)27-20)10-11-24(18)5;1-12(2)23-17-8-7-15-16-11-14-6-5-13(3)19-18(14)21(15,20(17)24-19)9-10-22(16)4;1-11(2)23-16-7-5-13-14-10-12-4-6-15(22)18-17(12)20(13,19(16)24-18)8-9-21(14)3/h6-8,18,21H,1,9-12H2,2-5H3;5-6,8,15-16,20H,1,7,9-11H2,2-4H3;4,6-7,13-14,19,22H,1,5,8-10H2,2-3H3. The smallest absolute Gasteiger partial charge is 0.303 e. The van der Waals surface area contributed by atoms with Gasteiger partial charge in [-0.1, -0.05) is 50.1 Å². The van der Waals surface area contributed by atoms with Gasteiger partial charge in [-0.2, -0.15) is 0 Å². The van der Waals surface area contributed by atoms with E-state index in [2.05, 4.69) is 118 Å². The average molecular weight is 1030 g/mol. The maximum Gasteiger partial charge on any atom is 0.303 e. The Hall–Kier alpha value is -5.95. The molecule has 0 aromatic heterocycles. The Labute approximate surface area is 448 Å². The number of allylic oxidation sites excluding steroid dienone is 5. The molecule has 76 heavy (non-hydrogen) atoms. The van der Waals surface area contributed by atoms with Gasteiger partial charge in [-0.05, 0) is 191 Å². The van der Waals surface area contributed by atoms with E-state index in [1.165, 1.54) is 45.9 Å². The minimum absolute atomic E-state index is 0.0132. The third-order valence-electron chi connectivity index (χ3n) is 20.4. The first-order chi connectivity index (χ1) is 36.3. The maximum absolute atomic E-state index is 12.3. The predicted molar refractivity (Wildman–Crippen MR) is 290 cm³/mol. The number of nitrogens with zero attached hydrogens (tertiary/aromatic N) is 3. The minimum atomic E-state index is -0.648. The summed E-state index contributed by atoms with van der Waals surface area (Å²) in [6.45, 7) is 26.3. The number of esters is 1. The summed E-state index contributed by atoms with van der Waals surface area (Å²) in [5.41, 5.74) is 9.42. The second-order valence-electron chi connectivity index (χ2n) is 24.5. The van der Waals surface area contributed by atoms with Gasteiger partial charge in [-0.25, -0.2) is 0 Å². The van der Waals surface area contributed by atoms with Crippen molar-refractivity contribution < 1.29 is 43.1 Å². The van der Waals surface area contributed by atoms with E-state index in [0.29, 0.717) is 47.6 Å². The van der Waals surface area contributed by atoms with Crippen molar-refractivity contribution in [2.24, 2.45) is 11.8 Å². The fraction of sp³-hybridized carbons (Fsp3) is 0.516. The lowest BCUT2D eigenvalue weighted by Gasteiger charge is -2.62. The molecule has 12 atom stereocenters. The van der Waals surface area contributed by atoms with Crippen molar-refractivity contribution in [3.8, 4) is 23.0 Å². The number of hydrogen-bond donors (Lipinski definition) is 1. The number of likely N-dealkylation sites (N-methyl/N-ethyl adjacent to an activating group) is 3. The first kappa shape index (κ1) is 49.6. The van der Waals surface area contributed by atoms with Gasteiger partial charge in [0.05, 0.1) is 28.7 Å². The summed E-state index contributed by atoms with van der Waals surface area (Å²) in [6, 6.07) is 14.0.